The summed E-state index contributed by atoms with van der Waals surface area (Å²) in [7, 11) is 1.65. The van der Waals surface area contributed by atoms with E-state index in [0.717, 1.165) is 16.5 Å². The van der Waals surface area contributed by atoms with Crippen LogP contribution in [0.25, 0.3) is 10.9 Å². The third kappa shape index (κ3) is 3.59. The van der Waals surface area contributed by atoms with E-state index in [2.05, 4.69) is 27.8 Å². The highest BCUT2D eigenvalue weighted by Crippen LogP contribution is 2.28. The maximum absolute atomic E-state index is 10.8. The van der Waals surface area contributed by atoms with Crippen molar-refractivity contribution in [1.29, 1.82) is 0 Å². The van der Waals surface area contributed by atoms with Gasteiger partial charge >= 0.3 is 0 Å². The molecule has 0 spiro atoms. The average molecular weight is 359 g/mol. The quantitative estimate of drug-likeness (QED) is 0.618. The van der Waals surface area contributed by atoms with E-state index in [-0.39, 0.29) is 18.2 Å². The minimum Gasteiger partial charge on any atom is -0.390 e. The number of benzene rings is 1. The van der Waals surface area contributed by atoms with Gasteiger partial charge in [-0.3, -0.25) is 4.98 Å². The molecule has 1 aromatic heterocycles. The number of ether oxygens (including phenoxy) is 3. The Kier molecular flexibility index (Phi) is 5.44. The second kappa shape index (κ2) is 7.96. The van der Waals surface area contributed by atoms with Gasteiger partial charge in [-0.15, -0.1) is 0 Å². The molecular formula is C19H25N3O4. The van der Waals surface area contributed by atoms with Gasteiger partial charge in [-0.2, -0.15) is 0 Å². The number of hydrogen-bond donors (Lipinski definition) is 3. The Labute approximate surface area is 152 Å². The van der Waals surface area contributed by atoms with Crippen molar-refractivity contribution in [2.45, 2.75) is 37.1 Å². The highest BCUT2D eigenvalue weighted by Gasteiger charge is 2.49. The highest BCUT2D eigenvalue weighted by molar-refractivity contribution is 5.78. The molecule has 7 heteroatoms. The van der Waals surface area contributed by atoms with Crippen molar-refractivity contribution in [1.82, 2.24) is 15.6 Å². The van der Waals surface area contributed by atoms with Crippen molar-refractivity contribution >= 4 is 10.9 Å². The Morgan fingerprint density at radius 3 is 3.04 bits per heavy atom. The van der Waals surface area contributed by atoms with Crippen molar-refractivity contribution in [2.24, 2.45) is 0 Å². The van der Waals surface area contributed by atoms with Crippen LogP contribution in [0.15, 0.2) is 36.5 Å². The predicted octanol–water partition coefficient (Wildman–Crippen LogP) is 0.414. The molecule has 2 fully saturated rings. The van der Waals surface area contributed by atoms with Crippen LogP contribution in [-0.2, 0) is 20.8 Å². The van der Waals surface area contributed by atoms with Gasteiger partial charge in [0.15, 0.2) is 6.29 Å². The number of nitrogens with zero attached hydrogens (tertiary/aromatic N) is 1. The second-order valence-electron chi connectivity index (χ2n) is 6.78. The van der Waals surface area contributed by atoms with Gasteiger partial charge < -0.3 is 30.0 Å². The van der Waals surface area contributed by atoms with Gasteiger partial charge in [-0.25, -0.2) is 0 Å². The number of hydrogen-bond acceptors (Lipinski definition) is 7. The Bertz CT molecular complexity index is 744. The summed E-state index contributed by atoms with van der Waals surface area (Å²) in [6.45, 7) is 2.29. The lowest BCUT2D eigenvalue weighted by molar-refractivity contribution is -0.153. The SMILES string of the molecule is COCCN[C@@H]1[C@@H]2OC[C@H](O2)[C@@H](NCc2cnc3ccccc3c2)[C@@H]1O. The number of rotatable bonds is 7. The molecule has 0 unspecified atom stereocenters. The molecule has 3 heterocycles. The van der Waals surface area contributed by atoms with Crippen LogP contribution in [0.2, 0.25) is 0 Å². The molecule has 5 atom stereocenters. The minimum atomic E-state index is -0.605. The fraction of sp³-hybridized carbons (Fsp3) is 0.526. The molecule has 4 rings (SSSR count). The van der Waals surface area contributed by atoms with Gasteiger partial charge in [0.2, 0.25) is 0 Å². The molecule has 2 saturated heterocycles. The molecular weight excluding hydrogens is 334 g/mol. The Balaban J connectivity index is 1.42. The average Bonchev–Trinajstić information content (AvgIpc) is 3.10. The lowest BCUT2D eigenvalue weighted by Gasteiger charge is -2.39. The summed E-state index contributed by atoms with van der Waals surface area (Å²) in [4.78, 5) is 4.49. The molecule has 0 saturated carbocycles. The fourth-order valence-corrected chi connectivity index (χ4v) is 3.67. The molecule has 7 nitrogen and oxygen atoms in total. The van der Waals surface area contributed by atoms with Crippen molar-refractivity contribution in [3.63, 3.8) is 0 Å². The first kappa shape index (κ1) is 17.8. The minimum absolute atomic E-state index is 0.149. The summed E-state index contributed by atoms with van der Waals surface area (Å²) in [5.41, 5.74) is 2.05. The Morgan fingerprint density at radius 2 is 2.15 bits per heavy atom. The van der Waals surface area contributed by atoms with E-state index in [1.807, 2.05) is 24.4 Å². The van der Waals surface area contributed by atoms with E-state index in [4.69, 9.17) is 14.2 Å². The van der Waals surface area contributed by atoms with Crippen molar-refractivity contribution in [3.8, 4) is 0 Å². The number of aliphatic hydroxyl groups excluding tert-OH is 1. The summed E-state index contributed by atoms with van der Waals surface area (Å²) in [5.74, 6) is 0. The summed E-state index contributed by atoms with van der Waals surface area (Å²) >= 11 is 0. The summed E-state index contributed by atoms with van der Waals surface area (Å²) in [6.07, 6.45) is 0.705. The second-order valence-corrected chi connectivity index (χ2v) is 6.78. The van der Waals surface area contributed by atoms with E-state index >= 15 is 0 Å². The zero-order valence-corrected chi connectivity index (χ0v) is 14.8. The first-order valence-corrected chi connectivity index (χ1v) is 9.01. The predicted molar refractivity (Wildman–Crippen MR) is 96.7 cm³/mol. The third-order valence-electron chi connectivity index (χ3n) is 5.04. The van der Waals surface area contributed by atoms with Crippen LogP contribution in [0.1, 0.15) is 5.56 Å². The lowest BCUT2D eigenvalue weighted by atomic mass is 9.95. The number of methoxy groups -OCH3 is 1. The van der Waals surface area contributed by atoms with E-state index in [9.17, 15) is 5.11 Å². The monoisotopic (exact) mass is 359 g/mol. The number of para-hydroxylation sites is 1. The molecule has 0 radical (unpaired) electrons. The van der Waals surface area contributed by atoms with Gasteiger partial charge in [0.25, 0.3) is 0 Å². The lowest BCUT2D eigenvalue weighted by Crippen LogP contribution is -2.63. The van der Waals surface area contributed by atoms with Crippen molar-refractivity contribution < 1.29 is 19.3 Å². The van der Waals surface area contributed by atoms with Crippen LogP contribution in [-0.4, -0.2) is 67.5 Å². The van der Waals surface area contributed by atoms with Crippen LogP contribution in [0.5, 0.6) is 0 Å². The van der Waals surface area contributed by atoms with Crippen LogP contribution < -0.4 is 10.6 Å². The van der Waals surface area contributed by atoms with Gasteiger partial charge in [0.05, 0.1) is 36.9 Å². The van der Waals surface area contributed by atoms with Gasteiger partial charge in [0, 0.05) is 31.8 Å². The first-order valence-electron chi connectivity index (χ1n) is 9.01. The van der Waals surface area contributed by atoms with Crippen LogP contribution in [0.3, 0.4) is 0 Å². The largest absolute Gasteiger partial charge is 0.390 e. The number of nitrogens with one attached hydrogen (secondary N) is 2. The molecule has 1 aromatic carbocycles. The van der Waals surface area contributed by atoms with Crippen LogP contribution in [0.4, 0.5) is 0 Å². The molecule has 3 N–H and O–H groups in total. The fourth-order valence-electron chi connectivity index (χ4n) is 3.67. The zero-order chi connectivity index (χ0) is 17.9. The first-order chi connectivity index (χ1) is 12.8. The maximum atomic E-state index is 10.8. The van der Waals surface area contributed by atoms with Crippen LogP contribution in [0, 0.1) is 0 Å². The third-order valence-corrected chi connectivity index (χ3v) is 5.04. The molecule has 2 aliphatic heterocycles. The van der Waals surface area contributed by atoms with E-state index in [1.165, 1.54) is 0 Å². The summed E-state index contributed by atoms with van der Waals surface area (Å²) in [6, 6.07) is 9.67. The number of aromatic nitrogens is 1. The maximum Gasteiger partial charge on any atom is 0.176 e. The van der Waals surface area contributed by atoms with E-state index in [1.54, 1.807) is 7.11 Å². The van der Waals surface area contributed by atoms with Gasteiger partial charge in [-0.05, 0) is 17.7 Å². The summed E-state index contributed by atoms with van der Waals surface area (Å²) < 4.78 is 16.7. The number of pyridine rings is 1. The standard InChI is InChI=1S/C19H25N3O4/c1-24-7-6-20-17-18(23)16(15-11-25-19(17)26-15)22-10-12-8-13-4-2-3-5-14(13)21-9-12/h2-5,8-9,15-20,22-23H,6-7,10-11H2,1H3/t15-,16+,17-,18-,19+/m0/s1. The Morgan fingerprint density at radius 1 is 1.27 bits per heavy atom. The van der Waals surface area contributed by atoms with Gasteiger partial charge in [-0.1, -0.05) is 18.2 Å². The normalized spacial score (nSPS) is 30.8. The van der Waals surface area contributed by atoms with E-state index in [0.29, 0.717) is 26.3 Å². The Hall–Kier alpha value is -1.61. The smallest absolute Gasteiger partial charge is 0.176 e. The highest BCUT2D eigenvalue weighted by atomic mass is 16.7. The van der Waals surface area contributed by atoms with Crippen molar-refractivity contribution in [3.05, 3.63) is 42.1 Å². The molecule has 2 aromatic rings. The van der Waals surface area contributed by atoms with Crippen molar-refractivity contribution in [2.75, 3.05) is 26.9 Å². The zero-order valence-electron chi connectivity index (χ0n) is 14.8. The van der Waals surface area contributed by atoms with E-state index < -0.39 is 12.4 Å². The van der Waals surface area contributed by atoms with Crippen LogP contribution >= 0.6 is 0 Å². The molecule has 26 heavy (non-hydrogen) atoms. The number of aliphatic hydroxyl groups is 1. The van der Waals surface area contributed by atoms with Gasteiger partial charge in [0.1, 0.15) is 6.10 Å². The molecule has 0 amide bonds. The number of fused-ring (bicyclic) bond motifs is 3. The molecule has 0 aliphatic carbocycles. The molecule has 2 bridgehead atoms. The topological polar surface area (TPSA) is 84.9 Å². The molecule has 140 valence electrons. The summed E-state index contributed by atoms with van der Waals surface area (Å²) in [5, 5.41) is 18.6. The molecule has 2 aliphatic rings.